The molecule has 0 spiro atoms. The number of urea groups is 1. The summed E-state index contributed by atoms with van der Waals surface area (Å²) in [5.41, 5.74) is 2.77. The Morgan fingerprint density at radius 3 is 2.50 bits per heavy atom. The lowest BCUT2D eigenvalue weighted by Gasteiger charge is -2.12. The number of carbonyl (C=O) groups excluding carboxylic acids is 3. The number of amides is 4. The highest BCUT2D eigenvalue weighted by molar-refractivity contribution is 6.30. The van der Waals surface area contributed by atoms with Crippen molar-refractivity contribution >= 4 is 52.1 Å². The Labute approximate surface area is 210 Å². The van der Waals surface area contributed by atoms with Crippen LogP contribution in [0.15, 0.2) is 84.7 Å². The summed E-state index contributed by atoms with van der Waals surface area (Å²) in [4.78, 5) is 38.6. The molecular weight excluding hydrogens is 483 g/mol. The lowest BCUT2D eigenvalue weighted by atomic mass is 10.1. The predicted molar refractivity (Wildman–Crippen MR) is 136 cm³/mol. The molecule has 180 valence electrons. The molecule has 4 aromatic rings. The number of rotatable bonds is 6. The molecule has 2 N–H and O–H groups in total. The van der Waals surface area contributed by atoms with Crippen LogP contribution in [0.1, 0.15) is 11.1 Å². The number of carbonyl (C=O) groups is 3. The van der Waals surface area contributed by atoms with Gasteiger partial charge in [-0.05, 0) is 42.0 Å². The maximum absolute atomic E-state index is 13.8. The number of nitrogens with one attached hydrogen (secondary N) is 2. The third-order valence-corrected chi connectivity index (χ3v) is 6.05. The zero-order chi connectivity index (χ0) is 25.2. The molecule has 0 unspecified atom stereocenters. The first-order valence-electron chi connectivity index (χ1n) is 11.1. The number of imide groups is 1. The Bertz CT molecular complexity index is 1530. The summed E-state index contributed by atoms with van der Waals surface area (Å²) in [5.74, 6) is -1.94. The Morgan fingerprint density at radius 2 is 1.72 bits per heavy atom. The average molecular weight is 503 g/mol. The van der Waals surface area contributed by atoms with E-state index in [0.717, 1.165) is 26.9 Å². The van der Waals surface area contributed by atoms with E-state index in [4.69, 9.17) is 11.6 Å². The molecule has 0 radical (unpaired) electrons. The highest BCUT2D eigenvalue weighted by Crippen LogP contribution is 2.26. The van der Waals surface area contributed by atoms with Crippen LogP contribution in [0, 0.1) is 5.82 Å². The van der Waals surface area contributed by atoms with Gasteiger partial charge in [0.1, 0.15) is 18.1 Å². The SMILES string of the molecule is O=C(CN1C(=O)N/C(=C/c2cn(Cc3ccc(Cl)cc3)c3ccccc23)C1=O)Nc1ccccc1F. The Hall–Kier alpha value is -4.43. The summed E-state index contributed by atoms with van der Waals surface area (Å²) in [6.07, 6.45) is 3.49. The number of hydrogen-bond acceptors (Lipinski definition) is 3. The number of benzene rings is 3. The van der Waals surface area contributed by atoms with Crippen LogP contribution in [0.25, 0.3) is 17.0 Å². The number of anilines is 1. The highest BCUT2D eigenvalue weighted by Gasteiger charge is 2.35. The molecule has 4 amide bonds. The van der Waals surface area contributed by atoms with Crippen molar-refractivity contribution in [2.75, 3.05) is 11.9 Å². The van der Waals surface area contributed by atoms with E-state index in [1.54, 1.807) is 12.1 Å². The van der Waals surface area contributed by atoms with Gasteiger partial charge < -0.3 is 15.2 Å². The quantitative estimate of drug-likeness (QED) is 0.287. The van der Waals surface area contributed by atoms with E-state index in [1.165, 1.54) is 18.2 Å². The fourth-order valence-electron chi connectivity index (χ4n) is 4.07. The van der Waals surface area contributed by atoms with Gasteiger partial charge in [-0.1, -0.05) is 54.1 Å². The van der Waals surface area contributed by atoms with Crippen LogP contribution in [0.5, 0.6) is 0 Å². The van der Waals surface area contributed by atoms with E-state index >= 15 is 0 Å². The number of halogens is 2. The normalized spacial score (nSPS) is 14.5. The second-order valence-corrected chi connectivity index (χ2v) is 8.70. The molecule has 1 fully saturated rings. The van der Waals surface area contributed by atoms with Crippen molar-refractivity contribution in [3.63, 3.8) is 0 Å². The van der Waals surface area contributed by atoms with Gasteiger partial charge in [-0.25, -0.2) is 14.1 Å². The van der Waals surface area contributed by atoms with Crippen molar-refractivity contribution in [3.8, 4) is 0 Å². The molecular formula is C27H20ClFN4O3. The van der Waals surface area contributed by atoms with E-state index in [-0.39, 0.29) is 11.4 Å². The standard InChI is InChI=1S/C27H20ClFN4O3/c28-19-11-9-17(10-12-19)14-32-15-18(20-5-1-4-8-24(20)32)13-23-26(35)33(27(36)31-23)16-25(34)30-22-7-3-2-6-21(22)29/h1-13,15H,14,16H2,(H,30,34)(H,31,36)/b23-13+. The van der Waals surface area contributed by atoms with Crippen LogP contribution in [-0.2, 0) is 16.1 Å². The highest BCUT2D eigenvalue weighted by atomic mass is 35.5. The predicted octanol–water partition coefficient (Wildman–Crippen LogP) is 5.01. The topological polar surface area (TPSA) is 83.4 Å². The molecule has 5 rings (SSSR count). The van der Waals surface area contributed by atoms with E-state index in [0.29, 0.717) is 11.6 Å². The van der Waals surface area contributed by atoms with Gasteiger partial charge in [0.15, 0.2) is 0 Å². The zero-order valence-electron chi connectivity index (χ0n) is 18.9. The first-order valence-corrected chi connectivity index (χ1v) is 11.5. The fourth-order valence-corrected chi connectivity index (χ4v) is 4.20. The summed E-state index contributed by atoms with van der Waals surface area (Å²) in [7, 11) is 0. The number of fused-ring (bicyclic) bond motifs is 1. The molecule has 7 nitrogen and oxygen atoms in total. The first-order chi connectivity index (χ1) is 17.4. The van der Waals surface area contributed by atoms with E-state index in [1.807, 2.05) is 59.3 Å². The minimum Gasteiger partial charge on any atom is -0.342 e. The molecule has 1 aliphatic heterocycles. The molecule has 1 aliphatic rings. The lowest BCUT2D eigenvalue weighted by Crippen LogP contribution is -2.38. The molecule has 3 aromatic carbocycles. The monoisotopic (exact) mass is 502 g/mol. The van der Waals surface area contributed by atoms with Crippen molar-refractivity contribution in [2.45, 2.75) is 6.54 Å². The van der Waals surface area contributed by atoms with Gasteiger partial charge in [0.25, 0.3) is 5.91 Å². The Balaban J connectivity index is 1.38. The summed E-state index contributed by atoms with van der Waals surface area (Å²) in [6, 6.07) is 20.2. The second kappa shape index (κ2) is 9.67. The minimum absolute atomic E-state index is 0.0289. The molecule has 2 heterocycles. The molecule has 0 atom stereocenters. The maximum Gasteiger partial charge on any atom is 0.329 e. The van der Waals surface area contributed by atoms with Gasteiger partial charge in [0.05, 0.1) is 5.69 Å². The van der Waals surface area contributed by atoms with Crippen LogP contribution in [-0.4, -0.2) is 33.9 Å². The number of para-hydroxylation sites is 2. The summed E-state index contributed by atoms with van der Waals surface area (Å²) in [6.45, 7) is 0.0399. The van der Waals surface area contributed by atoms with Crippen molar-refractivity contribution in [3.05, 3.63) is 107 Å². The largest absolute Gasteiger partial charge is 0.342 e. The van der Waals surface area contributed by atoms with Crippen LogP contribution >= 0.6 is 11.6 Å². The summed E-state index contributed by atoms with van der Waals surface area (Å²) in [5, 5.41) is 6.47. The zero-order valence-corrected chi connectivity index (χ0v) is 19.6. The molecule has 0 saturated carbocycles. The molecule has 36 heavy (non-hydrogen) atoms. The minimum atomic E-state index is -0.722. The Morgan fingerprint density at radius 1 is 1.00 bits per heavy atom. The van der Waals surface area contributed by atoms with Crippen molar-refractivity contribution in [2.24, 2.45) is 0 Å². The van der Waals surface area contributed by atoms with E-state index < -0.39 is 30.2 Å². The van der Waals surface area contributed by atoms with Gasteiger partial charge in [-0.2, -0.15) is 0 Å². The van der Waals surface area contributed by atoms with Gasteiger partial charge in [-0.15, -0.1) is 0 Å². The van der Waals surface area contributed by atoms with Crippen molar-refractivity contribution < 1.29 is 18.8 Å². The van der Waals surface area contributed by atoms with Gasteiger partial charge in [0, 0.05) is 34.2 Å². The molecule has 0 aliphatic carbocycles. The van der Waals surface area contributed by atoms with Gasteiger partial charge in [-0.3, -0.25) is 9.59 Å². The number of nitrogens with zero attached hydrogens (tertiary/aromatic N) is 2. The fraction of sp³-hybridized carbons (Fsp3) is 0.0741. The van der Waals surface area contributed by atoms with Crippen LogP contribution in [0.3, 0.4) is 0 Å². The Kier molecular flexibility index (Phi) is 6.26. The van der Waals surface area contributed by atoms with Crippen LogP contribution in [0.4, 0.5) is 14.9 Å². The number of aromatic nitrogens is 1. The van der Waals surface area contributed by atoms with E-state index in [9.17, 15) is 18.8 Å². The molecule has 0 bridgehead atoms. The first kappa shape index (κ1) is 23.3. The molecule has 1 saturated heterocycles. The van der Waals surface area contributed by atoms with Crippen LogP contribution in [0.2, 0.25) is 5.02 Å². The third kappa shape index (κ3) is 4.71. The molecule has 1 aromatic heterocycles. The third-order valence-electron chi connectivity index (χ3n) is 5.80. The summed E-state index contributed by atoms with van der Waals surface area (Å²) < 4.78 is 15.9. The van der Waals surface area contributed by atoms with Gasteiger partial charge in [0.2, 0.25) is 5.91 Å². The van der Waals surface area contributed by atoms with Crippen molar-refractivity contribution in [1.29, 1.82) is 0 Å². The number of hydrogen-bond donors (Lipinski definition) is 2. The lowest BCUT2D eigenvalue weighted by molar-refractivity contribution is -0.127. The van der Waals surface area contributed by atoms with Gasteiger partial charge >= 0.3 is 6.03 Å². The molecule has 9 heteroatoms. The summed E-state index contributed by atoms with van der Waals surface area (Å²) >= 11 is 6.00. The second-order valence-electron chi connectivity index (χ2n) is 8.26. The smallest absolute Gasteiger partial charge is 0.329 e. The maximum atomic E-state index is 13.8. The van der Waals surface area contributed by atoms with Crippen LogP contribution < -0.4 is 10.6 Å². The average Bonchev–Trinajstić information content (AvgIpc) is 3.34. The van der Waals surface area contributed by atoms with E-state index in [2.05, 4.69) is 10.6 Å². The van der Waals surface area contributed by atoms with Crippen molar-refractivity contribution in [1.82, 2.24) is 14.8 Å².